The molecular weight excluding hydrogens is 323 g/mol. The second-order valence-electron chi connectivity index (χ2n) is 5.69. The summed E-state index contributed by atoms with van der Waals surface area (Å²) in [4.78, 5) is 0. The molecule has 126 valence electrons. The number of alkyl halides is 3. The van der Waals surface area contributed by atoms with Crippen LogP contribution in [0.3, 0.4) is 0 Å². The quantitative estimate of drug-likeness (QED) is 0.835. The highest BCUT2D eigenvalue weighted by Gasteiger charge is 2.57. The van der Waals surface area contributed by atoms with Gasteiger partial charge < -0.3 is 5.11 Å². The number of rotatable bonds is 5. The summed E-state index contributed by atoms with van der Waals surface area (Å²) in [5, 5.41) is 13.4. The van der Waals surface area contributed by atoms with Crippen molar-refractivity contribution in [2.75, 3.05) is 6.54 Å². The lowest BCUT2D eigenvalue weighted by Crippen LogP contribution is -2.43. The van der Waals surface area contributed by atoms with Gasteiger partial charge in [0.2, 0.25) is 10.0 Å². The molecule has 1 saturated carbocycles. The summed E-state index contributed by atoms with van der Waals surface area (Å²) < 4.78 is 65.7. The first-order valence-electron chi connectivity index (χ1n) is 6.76. The molecule has 0 radical (unpaired) electrons. The summed E-state index contributed by atoms with van der Waals surface area (Å²) in [6.45, 7) is -0.113. The zero-order valence-electron chi connectivity index (χ0n) is 12.0. The van der Waals surface area contributed by atoms with Crippen molar-refractivity contribution in [1.29, 1.82) is 0 Å². The van der Waals surface area contributed by atoms with Gasteiger partial charge in [0.05, 0.1) is 5.69 Å². The minimum absolute atomic E-state index is 0.113. The molecule has 0 aromatic carbocycles. The van der Waals surface area contributed by atoms with Gasteiger partial charge in [-0.2, -0.15) is 18.3 Å². The van der Waals surface area contributed by atoms with E-state index in [1.54, 1.807) is 13.1 Å². The molecule has 0 aliphatic heterocycles. The van der Waals surface area contributed by atoms with Crippen molar-refractivity contribution >= 4 is 10.0 Å². The summed E-state index contributed by atoms with van der Waals surface area (Å²) in [5.74, 6) is -0.826. The Morgan fingerprint density at radius 2 is 2.23 bits per heavy atom. The number of hydrogen-bond acceptors (Lipinski definition) is 4. The molecular formula is C12H18F3N3O3S. The van der Waals surface area contributed by atoms with E-state index in [0.29, 0.717) is 5.69 Å². The van der Waals surface area contributed by atoms with Crippen molar-refractivity contribution in [1.82, 2.24) is 14.5 Å². The molecule has 0 bridgehead atoms. The molecule has 10 heteroatoms. The molecule has 2 rings (SSSR count). The van der Waals surface area contributed by atoms with Crippen LogP contribution < -0.4 is 4.72 Å². The van der Waals surface area contributed by atoms with Gasteiger partial charge in [0.15, 0.2) is 5.60 Å². The second kappa shape index (κ2) is 5.82. The highest BCUT2D eigenvalue weighted by molar-refractivity contribution is 7.88. The summed E-state index contributed by atoms with van der Waals surface area (Å²) in [5.41, 5.74) is -2.23. The van der Waals surface area contributed by atoms with Gasteiger partial charge in [-0.25, -0.2) is 13.1 Å². The Morgan fingerprint density at radius 3 is 2.73 bits per heavy atom. The summed E-state index contributed by atoms with van der Waals surface area (Å²) in [7, 11) is -2.06. The van der Waals surface area contributed by atoms with Crippen molar-refractivity contribution in [2.45, 2.75) is 36.8 Å². The average Bonchev–Trinajstić information content (AvgIpc) is 2.94. The van der Waals surface area contributed by atoms with Crippen LogP contribution in [0.4, 0.5) is 13.2 Å². The molecule has 1 heterocycles. The maximum atomic E-state index is 12.7. The average molecular weight is 341 g/mol. The smallest absolute Gasteiger partial charge is 0.380 e. The Hall–Kier alpha value is -1.13. The van der Waals surface area contributed by atoms with Gasteiger partial charge in [0.25, 0.3) is 0 Å². The number of halogens is 3. The van der Waals surface area contributed by atoms with Crippen LogP contribution in [0.5, 0.6) is 0 Å². The predicted octanol–water partition coefficient (Wildman–Crippen LogP) is 0.933. The number of sulfonamides is 1. The molecule has 6 nitrogen and oxygen atoms in total. The van der Waals surface area contributed by atoms with Crippen LogP contribution in [0, 0.1) is 5.92 Å². The van der Waals surface area contributed by atoms with Crippen LogP contribution in [0.15, 0.2) is 12.3 Å². The van der Waals surface area contributed by atoms with Crippen molar-refractivity contribution < 1.29 is 26.7 Å². The first-order valence-corrected chi connectivity index (χ1v) is 8.41. The molecule has 2 N–H and O–H groups in total. The van der Waals surface area contributed by atoms with E-state index < -0.39 is 40.6 Å². The van der Waals surface area contributed by atoms with Crippen molar-refractivity contribution in [2.24, 2.45) is 13.0 Å². The zero-order chi connectivity index (χ0) is 16.6. The Bertz CT molecular complexity index is 629. The molecule has 2 atom stereocenters. The van der Waals surface area contributed by atoms with Crippen molar-refractivity contribution in [3.8, 4) is 0 Å². The monoisotopic (exact) mass is 341 g/mol. The second-order valence-corrected chi connectivity index (χ2v) is 7.50. The highest BCUT2D eigenvalue weighted by atomic mass is 32.2. The molecule has 2 unspecified atom stereocenters. The van der Waals surface area contributed by atoms with Gasteiger partial charge in [-0.15, -0.1) is 0 Å². The minimum atomic E-state index is -4.69. The third kappa shape index (κ3) is 3.79. The number of nitrogens with one attached hydrogen (secondary N) is 1. The molecule has 1 aromatic heterocycles. The van der Waals surface area contributed by atoms with Gasteiger partial charge >= 0.3 is 6.18 Å². The molecule has 1 aliphatic rings. The van der Waals surface area contributed by atoms with Gasteiger partial charge in [-0.05, 0) is 31.2 Å². The molecule has 1 aliphatic carbocycles. The van der Waals surface area contributed by atoms with Crippen LogP contribution in [-0.4, -0.2) is 41.6 Å². The van der Waals surface area contributed by atoms with E-state index in [2.05, 4.69) is 9.82 Å². The Labute approximate surface area is 126 Å². The molecule has 0 amide bonds. The lowest BCUT2D eigenvalue weighted by atomic mass is 10.00. The number of aryl methyl sites for hydroxylation is 1. The molecule has 1 aromatic rings. The van der Waals surface area contributed by atoms with Crippen molar-refractivity contribution in [3.63, 3.8) is 0 Å². The van der Waals surface area contributed by atoms with Crippen LogP contribution in [0.2, 0.25) is 0 Å². The third-order valence-electron chi connectivity index (χ3n) is 3.97. The number of nitrogens with zero attached hydrogens (tertiary/aromatic N) is 2. The predicted molar refractivity (Wildman–Crippen MR) is 72.2 cm³/mol. The minimum Gasteiger partial charge on any atom is -0.380 e. The number of aliphatic hydroxyl groups is 1. The van der Waals surface area contributed by atoms with E-state index in [0.717, 1.165) is 0 Å². The Balaban J connectivity index is 1.90. The van der Waals surface area contributed by atoms with E-state index >= 15 is 0 Å². The highest BCUT2D eigenvalue weighted by Crippen LogP contribution is 2.45. The lowest BCUT2D eigenvalue weighted by molar-refractivity contribution is -0.258. The lowest BCUT2D eigenvalue weighted by Gasteiger charge is -2.25. The Morgan fingerprint density at radius 1 is 1.55 bits per heavy atom. The Kier molecular flexibility index (Phi) is 4.56. The van der Waals surface area contributed by atoms with Gasteiger partial charge in [-0.1, -0.05) is 0 Å². The van der Waals surface area contributed by atoms with E-state index in [1.807, 2.05) is 0 Å². The normalized spacial score (nSPS) is 26.5. The number of hydrogen-bond donors (Lipinski definition) is 2. The summed E-state index contributed by atoms with van der Waals surface area (Å²) in [6, 6.07) is 1.55. The van der Waals surface area contributed by atoms with Gasteiger partial charge in [0, 0.05) is 19.8 Å². The first-order chi connectivity index (χ1) is 10.0. The van der Waals surface area contributed by atoms with E-state index in [1.165, 1.54) is 10.9 Å². The van der Waals surface area contributed by atoms with E-state index in [-0.39, 0.29) is 18.7 Å². The zero-order valence-corrected chi connectivity index (χ0v) is 12.8. The molecule has 22 heavy (non-hydrogen) atoms. The fraction of sp³-hybridized carbons (Fsp3) is 0.750. The van der Waals surface area contributed by atoms with E-state index in [4.69, 9.17) is 0 Å². The van der Waals surface area contributed by atoms with Crippen LogP contribution >= 0.6 is 0 Å². The molecule has 0 saturated heterocycles. The first kappa shape index (κ1) is 17.2. The fourth-order valence-electron chi connectivity index (χ4n) is 2.59. The van der Waals surface area contributed by atoms with Gasteiger partial charge in [-0.3, -0.25) is 4.68 Å². The number of aromatic nitrogens is 2. The third-order valence-corrected chi connectivity index (χ3v) is 5.25. The maximum absolute atomic E-state index is 12.7. The molecule has 1 fully saturated rings. The molecule has 0 spiro atoms. The van der Waals surface area contributed by atoms with E-state index in [9.17, 15) is 26.7 Å². The SMILES string of the molecule is Cn1nccc1CS(=O)(=O)NCC1CCC(O)(C(F)(F)F)C1. The van der Waals surface area contributed by atoms with Crippen LogP contribution in [0.25, 0.3) is 0 Å². The summed E-state index contributed by atoms with van der Waals surface area (Å²) in [6.07, 6.45) is -3.97. The van der Waals surface area contributed by atoms with Gasteiger partial charge in [0.1, 0.15) is 5.75 Å². The standard InChI is InChI=1S/C12H18F3N3O3S/c1-18-10(3-5-16-18)8-22(20,21)17-7-9-2-4-11(19,6-9)12(13,14)15/h3,5,9,17,19H,2,4,6-8H2,1H3. The maximum Gasteiger partial charge on any atom is 0.417 e. The van der Waals surface area contributed by atoms with Crippen LogP contribution in [0.1, 0.15) is 25.0 Å². The summed E-state index contributed by atoms with van der Waals surface area (Å²) >= 11 is 0. The largest absolute Gasteiger partial charge is 0.417 e. The van der Waals surface area contributed by atoms with Crippen molar-refractivity contribution in [3.05, 3.63) is 18.0 Å². The fourth-order valence-corrected chi connectivity index (χ4v) is 3.85. The van der Waals surface area contributed by atoms with Crippen LogP contribution in [-0.2, 0) is 22.8 Å². The topological polar surface area (TPSA) is 84.2 Å².